The van der Waals surface area contributed by atoms with E-state index in [0.29, 0.717) is 0 Å². The molecule has 1 heterocycles. The number of methoxy groups -OCH3 is 1. The summed E-state index contributed by atoms with van der Waals surface area (Å²) in [7, 11) is 1.66. The van der Waals surface area contributed by atoms with Crippen LogP contribution in [0.25, 0.3) is 0 Å². The Morgan fingerprint density at radius 2 is 1.75 bits per heavy atom. The van der Waals surface area contributed by atoms with Crippen molar-refractivity contribution in [3.05, 3.63) is 48.5 Å². The third-order valence-electron chi connectivity index (χ3n) is 3.79. The standard InChI is InChI=1S/C18H20N2O2S.ClH/c1-22-14-6-10-16(11-7-14)23-15-8-4-13(5-9-15)20-18(21)17-3-2-12-19-17;/h4-11,17,19H,2-3,12H2,1H3,(H,20,21);1H. The molecule has 3 rings (SSSR count). The van der Waals surface area contributed by atoms with Gasteiger partial charge in [0, 0.05) is 15.5 Å². The first-order chi connectivity index (χ1) is 11.2. The summed E-state index contributed by atoms with van der Waals surface area (Å²) in [6.45, 7) is 0.926. The Morgan fingerprint density at radius 3 is 2.29 bits per heavy atom. The van der Waals surface area contributed by atoms with Crippen LogP contribution in [-0.2, 0) is 4.79 Å². The summed E-state index contributed by atoms with van der Waals surface area (Å²) in [4.78, 5) is 14.3. The zero-order chi connectivity index (χ0) is 16.1. The molecule has 1 aliphatic rings. The van der Waals surface area contributed by atoms with Gasteiger partial charge >= 0.3 is 0 Å². The SMILES string of the molecule is COc1ccc(Sc2ccc(NC(=O)C3CCCN3)cc2)cc1.Cl. The zero-order valence-corrected chi connectivity index (χ0v) is 15.1. The van der Waals surface area contributed by atoms with Crippen molar-refractivity contribution < 1.29 is 9.53 Å². The van der Waals surface area contributed by atoms with Crippen molar-refractivity contribution >= 4 is 35.8 Å². The van der Waals surface area contributed by atoms with E-state index in [1.165, 1.54) is 0 Å². The highest BCUT2D eigenvalue weighted by molar-refractivity contribution is 7.99. The maximum atomic E-state index is 12.1. The van der Waals surface area contributed by atoms with Gasteiger partial charge in [-0.05, 0) is 67.9 Å². The molecule has 0 spiro atoms. The third-order valence-corrected chi connectivity index (χ3v) is 4.81. The third kappa shape index (κ3) is 4.90. The highest BCUT2D eigenvalue weighted by Gasteiger charge is 2.21. The lowest BCUT2D eigenvalue weighted by molar-refractivity contribution is -0.117. The molecule has 6 heteroatoms. The van der Waals surface area contributed by atoms with Crippen LogP contribution < -0.4 is 15.4 Å². The molecular formula is C18H21ClN2O2S. The van der Waals surface area contributed by atoms with E-state index >= 15 is 0 Å². The fourth-order valence-corrected chi connectivity index (χ4v) is 3.34. The van der Waals surface area contributed by atoms with Crippen molar-refractivity contribution in [3.63, 3.8) is 0 Å². The van der Waals surface area contributed by atoms with Crippen molar-refractivity contribution in [1.29, 1.82) is 0 Å². The first-order valence-electron chi connectivity index (χ1n) is 7.71. The molecule has 0 saturated carbocycles. The van der Waals surface area contributed by atoms with Crippen LogP contribution in [-0.4, -0.2) is 25.6 Å². The Bertz CT molecular complexity index is 656. The van der Waals surface area contributed by atoms with Gasteiger partial charge < -0.3 is 15.4 Å². The number of anilines is 1. The zero-order valence-electron chi connectivity index (χ0n) is 13.5. The molecule has 1 unspecified atom stereocenters. The number of amides is 1. The molecule has 1 amide bonds. The van der Waals surface area contributed by atoms with Gasteiger partial charge in [0.1, 0.15) is 5.75 Å². The summed E-state index contributed by atoms with van der Waals surface area (Å²) in [5.74, 6) is 0.908. The molecule has 1 fully saturated rings. The van der Waals surface area contributed by atoms with Crippen molar-refractivity contribution in [2.24, 2.45) is 0 Å². The lowest BCUT2D eigenvalue weighted by atomic mass is 10.2. The molecule has 0 aliphatic carbocycles. The second-order valence-corrected chi connectivity index (χ2v) is 6.59. The number of carbonyl (C=O) groups excluding carboxylic acids is 1. The van der Waals surface area contributed by atoms with Crippen LogP contribution in [0.4, 0.5) is 5.69 Å². The van der Waals surface area contributed by atoms with Crippen LogP contribution in [0, 0.1) is 0 Å². The molecule has 0 radical (unpaired) electrons. The summed E-state index contributed by atoms with van der Waals surface area (Å²) in [6.07, 6.45) is 1.98. The quantitative estimate of drug-likeness (QED) is 0.843. The Balaban J connectivity index is 0.00000208. The molecule has 128 valence electrons. The second-order valence-electron chi connectivity index (χ2n) is 5.44. The number of carbonyl (C=O) groups is 1. The maximum absolute atomic E-state index is 12.1. The van der Waals surface area contributed by atoms with Crippen LogP contribution in [0.1, 0.15) is 12.8 Å². The van der Waals surface area contributed by atoms with E-state index in [1.54, 1.807) is 18.9 Å². The molecule has 1 atom stereocenters. The molecule has 2 N–H and O–H groups in total. The smallest absolute Gasteiger partial charge is 0.241 e. The molecule has 1 aliphatic heterocycles. The molecule has 2 aromatic rings. The number of benzene rings is 2. The van der Waals surface area contributed by atoms with Gasteiger partial charge in [-0.25, -0.2) is 0 Å². The lowest BCUT2D eigenvalue weighted by Crippen LogP contribution is -2.35. The van der Waals surface area contributed by atoms with Gasteiger partial charge in [-0.15, -0.1) is 12.4 Å². The molecule has 1 saturated heterocycles. The van der Waals surface area contributed by atoms with Crippen LogP contribution in [0.5, 0.6) is 5.75 Å². The monoisotopic (exact) mass is 364 g/mol. The van der Waals surface area contributed by atoms with Crippen molar-refractivity contribution in [1.82, 2.24) is 5.32 Å². The van der Waals surface area contributed by atoms with Gasteiger partial charge in [-0.1, -0.05) is 11.8 Å². The number of ether oxygens (including phenoxy) is 1. The van der Waals surface area contributed by atoms with E-state index in [-0.39, 0.29) is 24.4 Å². The summed E-state index contributed by atoms with van der Waals surface area (Å²) in [6, 6.07) is 15.8. The predicted octanol–water partition coefficient (Wildman–Crippen LogP) is 3.96. The number of rotatable bonds is 5. The van der Waals surface area contributed by atoms with Gasteiger partial charge in [0.25, 0.3) is 0 Å². The first kappa shape index (κ1) is 18.6. The molecule has 4 nitrogen and oxygen atoms in total. The Kier molecular flexibility index (Phi) is 6.97. The van der Waals surface area contributed by atoms with Gasteiger partial charge in [-0.2, -0.15) is 0 Å². The van der Waals surface area contributed by atoms with Crippen LogP contribution in [0.15, 0.2) is 58.3 Å². The largest absolute Gasteiger partial charge is 0.497 e. The fraction of sp³-hybridized carbons (Fsp3) is 0.278. The van der Waals surface area contributed by atoms with E-state index in [4.69, 9.17) is 4.74 Å². The summed E-state index contributed by atoms with van der Waals surface area (Å²) in [5.41, 5.74) is 0.836. The lowest BCUT2D eigenvalue weighted by Gasteiger charge is -2.11. The molecule has 0 aromatic heterocycles. The van der Waals surface area contributed by atoms with Gasteiger partial charge in [-0.3, -0.25) is 4.79 Å². The van der Waals surface area contributed by atoms with Gasteiger partial charge in [0.05, 0.1) is 13.2 Å². The van der Waals surface area contributed by atoms with Crippen molar-refractivity contribution in [2.45, 2.75) is 28.7 Å². The number of hydrogen-bond donors (Lipinski definition) is 2. The Labute approximate surface area is 152 Å². The van der Waals surface area contributed by atoms with E-state index in [9.17, 15) is 4.79 Å². The normalized spacial score (nSPS) is 16.3. The van der Waals surface area contributed by atoms with Crippen LogP contribution in [0.2, 0.25) is 0 Å². The summed E-state index contributed by atoms with van der Waals surface area (Å²) < 4.78 is 5.16. The van der Waals surface area contributed by atoms with Gasteiger partial charge in [0.15, 0.2) is 0 Å². The van der Waals surface area contributed by atoms with Crippen LogP contribution >= 0.6 is 24.2 Å². The van der Waals surface area contributed by atoms with Crippen molar-refractivity contribution in [3.8, 4) is 5.75 Å². The molecule has 2 aromatic carbocycles. The highest BCUT2D eigenvalue weighted by atomic mass is 35.5. The van der Waals surface area contributed by atoms with E-state index in [0.717, 1.165) is 40.6 Å². The second kappa shape index (κ2) is 8.97. The van der Waals surface area contributed by atoms with Crippen LogP contribution in [0.3, 0.4) is 0 Å². The van der Waals surface area contributed by atoms with Crippen molar-refractivity contribution in [2.75, 3.05) is 19.0 Å². The van der Waals surface area contributed by atoms with E-state index in [1.807, 2.05) is 48.5 Å². The number of hydrogen-bond acceptors (Lipinski definition) is 4. The first-order valence-corrected chi connectivity index (χ1v) is 8.52. The molecular weight excluding hydrogens is 344 g/mol. The predicted molar refractivity (Wildman–Crippen MR) is 100 cm³/mol. The van der Waals surface area contributed by atoms with Gasteiger partial charge in [0.2, 0.25) is 5.91 Å². The topological polar surface area (TPSA) is 50.4 Å². The Morgan fingerprint density at radius 1 is 1.12 bits per heavy atom. The number of halogens is 1. The molecule has 0 bridgehead atoms. The van der Waals surface area contributed by atoms with E-state index < -0.39 is 0 Å². The Hall–Kier alpha value is -1.69. The fourth-order valence-electron chi connectivity index (χ4n) is 2.52. The molecule has 24 heavy (non-hydrogen) atoms. The average molecular weight is 365 g/mol. The average Bonchev–Trinajstić information content (AvgIpc) is 3.12. The summed E-state index contributed by atoms with van der Waals surface area (Å²) in [5, 5.41) is 6.17. The summed E-state index contributed by atoms with van der Waals surface area (Å²) >= 11 is 1.68. The minimum absolute atomic E-state index is 0. The highest BCUT2D eigenvalue weighted by Crippen LogP contribution is 2.29. The minimum Gasteiger partial charge on any atom is -0.497 e. The number of nitrogens with one attached hydrogen (secondary N) is 2. The maximum Gasteiger partial charge on any atom is 0.241 e. The van der Waals surface area contributed by atoms with E-state index in [2.05, 4.69) is 10.6 Å². The minimum atomic E-state index is -0.0525.